The van der Waals surface area contributed by atoms with Crippen LogP contribution >= 0.6 is 0 Å². The summed E-state index contributed by atoms with van der Waals surface area (Å²) in [5.74, 6) is -4.33. The van der Waals surface area contributed by atoms with Crippen molar-refractivity contribution in [3.05, 3.63) is 47.5 Å². The minimum atomic E-state index is -2.27. The molecule has 0 radical (unpaired) electrons. The summed E-state index contributed by atoms with van der Waals surface area (Å²) < 4.78 is 0. The number of carboxylic acid groups (broad SMARTS) is 2. The van der Waals surface area contributed by atoms with Gasteiger partial charge in [-0.15, -0.1) is 0 Å². The van der Waals surface area contributed by atoms with Crippen molar-refractivity contribution in [2.45, 2.75) is 24.4 Å². The van der Waals surface area contributed by atoms with Gasteiger partial charge in [-0.2, -0.15) is 0 Å². The molecule has 2 aromatic carbocycles. The van der Waals surface area contributed by atoms with Gasteiger partial charge in [-0.3, -0.25) is 0 Å². The van der Waals surface area contributed by atoms with Crippen LogP contribution in [0.4, 0.5) is 0 Å². The van der Waals surface area contributed by atoms with Crippen molar-refractivity contribution in [1.82, 2.24) is 10.6 Å². The Bertz CT molecular complexity index is 895. The normalized spacial score (nSPS) is 13.6. The Balaban J connectivity index is 0.000000517. The molecule has 36 heavy (non-hydrogen) atoms. The molecule has 0 aromatic heterocycles. The fraction of sp³-hybridized carbons (Fsp3) is 0.364. The Morgan fingerprint density at radius 2 is 0.944 bits per heavy atom. The molecule has 0 fully saturated rings. The molecule has 4 atom stereocenters. The van der Waals surface area contributed by atoms with Gasteiger partial charge in [0.15, 0.2) is 35.2 Å². The number of hydrogen-bond donors (Lipinski definition) is 12. The van der Waals surface area contributed by atoms with E-state index >= 15 is 0 Å². The van der Waals surface area contributed by atoms with Crippen LogP contribution in [0.25, 0.3) is 0 Å². The number of aliphatic hydroxyl groups excluding tert-OH is 4. The molecule has 14 nitrogen and oxygen atoms in total. The minimum absolute atomic E-state index is 0.180. The zero-order valence-corrected chi connectivity index (χ0v) is 19.5. The molecule has 0 heterocycles. The van der Waals surface area contributed by atoms with Crippen molar-refractivity contribution in [2.75, 3.05) is 27.2 Å². The third-order valence-electron chi connectivity index (χ3n) is 4.37. The number of carbonyl (C=O) groups is 2. The standard InChI is InChI=1S/2C9H13NO3.C4H6O6/c2*1-10-5-9(13)6-2-3-7(11)8(12)4-6;5-1(3(7)8)2(6)4(9)10/h2*2-4,9-13H,5H2,1H3;1-2,5-6H,(H,7,8)(H,9,10)/t2*9-;/m00./s1. The van der Waals surface area contributed by atoms with Gasteiger partial charge in [0.05, 0.1) is 12.2 Å². The highest BCUT2D eigenvalue weighted by Gasteiger charge is 2.29. The van der Waals surface area contributed by atoms with E-state index in [0.29, 0.717) is 24.2 Å². The van der Waals surface area contributed by atoms with Gasteiger partial charge in [0.2, 0.25) is 0 Å². The fourth-order valence-electron chi connectivity index (χ4n) is 2.39. The van der Waals surface area contributed by atoms with Crippen LogP contribution in [-0.2, 0) is 9.59 Å². The average Bonchev–Trinajstić information content (AvgIpc) is 2.82. The number of aliphatic carboxylic acids is 2. The van der Waals surface area contributed by atoms with E-state index in [1.165, 1.54) is 24.3 Å². The van der Waals surface area contributed by atoms with Gasteiger partial charge < -0.3 is 61.7 Å². The maximum absolute atomic E-state index is 9.77. The first-order valence-corrected chi connectivity index (χ1v) is 10.3. The van der Waals surface area contributed by atoms with Crippen molar-refractivity contribution >= 4 is 11.9 Å². The summed E-state index contributed by atoms with van der Waals surface area (Å²) in [6, 6.07) is 8.52. The summed E-state index contributed by atoms with van der Waals surface area (Å²) >= 11 is 0. The van der Waals surface area contributed by atoms with Gasteiger partial charge in [-0.1, -0.05) is 12.1 Å². The van der Waals surface area contributed by atoms with Crippen molar-refractivity contribution < 1.29 is 60.7 Å². The van der Waals surface area contributed by atoms with Crippen LogP contribution in [0.15, 0.2) is 36.4 Å². The number of aromatic hydroxyl groups is 4. The highest BCUT2D eigenvalue weighted by molar-refractivity contribution is 5.83. The average molecular weight is 517 g/mol. The van der Waals surface area contributed by atoms with Gasteiger partial charge >= 0.3 is 11.9 Å². The lowest BCUT2D eigenvalue weighted by atomic mass is 10.1. The highest BCUT2D eigenvalue weighted by Crippen LogP contribution is 2.28. The van der Waals surface area contributed by atoms with Crippen LogP contribution in [0, 0.1) is 0 Å². The summed E-state index contributed by atoms with van der Waals surface area (Å²) in [4.78, 5) is 19.5. The predicted octanol–water partition coefficient (Wildman–Crippen LogP) is -1.42. The molecule has 0 amide bonds. The smallest absolute Gasteiger partial charge is 0.335 e. The van der Waals surface area contributed by atoms with E-state index in [-0.39, 0.29) is 23.0 Å². The number of nitrogens with one attached hydrogen (secondary N) is 2. The molecule has 14 heteroatoms. The molecule has 0 bridgehead atoms. The molecule has 202 valence electrons. The van der Waals surface area contributed by atoms with Crippen LogP contribution in [0.3, 0.4) is 0 Å². The van der Waals surface area contributed by atoms with Gasteiger partial charge in [0, 0.05) is 13.1 Å². The second-order valence-corrected chi connectivity index (χ2v) is 7.21. The number of likely N-dealkylation sites (N-methyl/N-ethyl adjacent to an activating group) is 2. The number of phenolic OH excluding ortho intramolecular Hbond substituents is 4. The number of carboxylic acids is 2. The third-order valence-corrected chi connectivity index (χ3v) is 4.37. The first-order valence-electron chi connectivity index (χ1n) is 10.3. The molecule has 12 N–H and O–H groups in total. The highest BCUT2D eigenvalue weighted by atomic mass is 16.4. The lowest BCUT2D eigenvalue weighted by molar-refractivity contribution is -0.165. The number of rotatable bonds is 9. The summed E-state index contributed by atoms with van der Waals surface area (Å²) in [6.07, 6.45) is -5.87. The second-order valence-electron chi connectivity index (χ2n) is 7.21. The first kappa shape index (κ1) is 32.3. The molecular formula is C22H32N2O12. The third kappa shape index (κ3) is 11.2. The first-order chi connectivity index (χ1) is 16.8. The van der Waals surface area contributed by atoms with E-state index in [9.17, 15) is 19.8 Å². The topological polar surface area (TPSA) is 260 Å². The Morgan fingerprint density at radius 3 is 1.17 bits per heavy atom. The summed E-state index contributed by atoms with van der Waals surface area (Å²) in [5, 5.41) is 93.4. The van der Waals surface area contributed by atoms with Crippen LogP contribution in [0.5, 0.6) is 23.0 Å². The zero-order valence-electron chi connectivity index (χ0n) is 19.5. The van der Waals surface area contributed by atoms with Crippen LogP contribution in [0.2, 0.25) is 0 Å². The molecule has 0 aliphatic rings. The Labute approximate surface area is 206 Å². The monoisotopic (exact) mass is 516 g/mol. The lowest BCUT2D eigenvalue weighted by Gasteiger charge is -2.10. The fourth-order valence-corrected chi connectivity index (χ4v) is 2.39. The van der Waals surface area contributed by atoms with E-state index in [0.717, 1.165) is 0 Å². The summed E-state index contributed by atoms with van der Waals surface area (Å²) in [6.45, 7) is 0.814. The van der Waals surface area contributed by atoms with Gasteiger partial charge in [-0.25, -0.2) is 9.59 Å². The molecule has 0 saturated carbocycles. The quantitative estimate of drug-likeness (QED) is 0.171. The number of hydrogen-bond acceptors (Lipinski definition) is 12. The Kier molecular flexibility index (Phi) is 14.5. The van der Waals surface area contributed by atoms with Crippen LogP contribution < -0.4 is 10.6 Å². The van der Waals surface area contributed by atoms with Crippen molar-refractivity contribution in [1.29, 1.82) is 0 Å². The maximum Gasteiger partial charge on any atom is 0.335 e. The number of aliphatic hydroxyl groups is 4. The van der Waals surface area contributed by atoms with Crippen LogP contribution in [-0.4, -0.2) is 102 Å². The summed E-state index contributed by atoms with van der Waals surface area (Å²) in [7, 11) is 3.45. The molecular weight excluding hydrogens is 484 g/mol. The summed E-state index contributed by atoms with van der Waals surface area (Å²) in [5.41, 5.74) is 1.15. The molecule has 0 spiro atoms. The van der Waals surface area contributed by atoms with E-state index < -0.39 is 36.4 Å². The number of phenols is 4. The predicted molar refractivity (Wildman–Crippen MR) is 125 cm³/mol. The van der Waals surface area contributed by atoms with Crippen molar-refractivity contribution in [3.63, 3.8) is 0 Å². The Morgan fingerprint density at radius 1 is 0.639 bits per heavy atom. The largest absolute Gasteiger partial charge is 0.504 e. The van der Waals surface area contributed by atoms with E-state index in [1.54, 1.807) is 26.2 Å². The molecule has 0 aliphatic carbocycles. The molecule has 2 rings (SSSR count). The van der Waals surface area contributed by atoms with E-state index in [1.807, 2.05) is 0 Å². The maximum atomic E-state index is 9.77. The Hall–Kier alpha value is -3.66. The SMILES string of the molecule is CNC[C@H](O)c1ccc(O)c(O)c1.CNC[C@H](O)c1ccc(O)c(O)c1.O=C(O)C(O)C(O)C(=O)O. The lowest BCUT2D eigenvalue weighted by Crippen LogP contribution is -2.39. The van der Waals surface area contributed by atoms with Gasteiger partial charge in [-0.05, 0) is 49.5 Å². The molecule has 2 aromatic rings. The zero-order chi connectivity index (χ0) is 28.0. The second kappa shape index (κ2) is 16.1. The van der Waals surface area contributed by atoms with Crippen LogP contribution in [0.1, 0.15) is 23.3 Å². The van der Waals surface area contributed by atoms with Crippen molar-refractivity contribution in [3.8, 4) is 23.0 Å². The van der Waals surface area contributed by atoms with E-state index in [2.05, 4.69) is 10.6 Å². The molecule has 0 saturated heterocycles. The molecule has 2 unspecified atom stereocenters. The van der Waals surface area contributed by atoms with E-state index in [4.69, 9.17) is 40.9 Å². The van der Waals surface area contributed by atoms with Gasteiger partial charge in [0.1, 0.15) is 0 Å². The molecule has 0 aliphatic heterocycles. The number of benzene rings is 2. The minimum Gasteiger partial charge on any atom is -0.504 e. The van der Waals surface area contributed by atoms with Crippen molar-refractivity contribution in [2.24, 2.45) is 0 Å². The van der Waals surface area contributed by atoms with Gasteiger partial charge in [0.25, 0.3) is 0 Å².